The SMILES string of the molecule is COC(=O)CN1C(=O)C2C3CC(C2C1=O)C1C(c2ccc(Cl)cc2)c2sc(=O)[nH]c2SC31. The van der Waals surface area contributed by atoms with E-state index >= 15 is 0 Å². The molecule has 2 aliphatic heterocycles. The molecule has 7 nitrogen and oxygen atoms in total. The van der Waals surface area contributed by atoms with Crippen molar-refractivity contribution in [3.05, 3.63) is 49.4 Å². The highest BCUT2D eigenvalue weighted by molar-refractivity contribution is 8.00. The summed E-state index contributed by atoms with van der Waals surface area (Å²) in [6.07, 6.45) is 0.810. The highest BCUT2D eigenvalue weighted by Crippen LogP contribution is 2.68. The standard InChI is InChI=1S/C22H19ClN2O5S2/c1-30-12(26)7-25-20(27)15-10-6-11(16(15)21(25)28)17-14(10)13(8-2-4-9(23)5-3-8)18-19(31-17)24-22(29)32-18/h2-5,10-11,13-17H,6-7H2,1H3,(H,24,29). The summed E-state index contributed by atoms with van der Waals surface area (Å²) in [5, 5.41) is 1.63. The molecule has 2 saturated carbocycles. The Balaban J connectivity index is 1.42. The number of esters is 1. The van der Waals surface area contributed by atoms with E-state index in [9.17, 15) is 19.2 Å². The average molecular weight is 491 g/mol. The van der Waals surface area contributed by atoms with Crippen molar-refractivity contribution in [2.45, 2.75) is 22.6 Å². The number of likely N-dealkylation sites (tertiary alicyclic amines) is 1. The van der Waals surface area contributed by atoms with Crippen LogP contribution in [0.1, 0.15) is 22.8 Å². The van der Waals surface area contributed by atoms with Crippen LogP contribution in [-0.4, -0.2) is 46.6 Å². The first-order chi connectivity index (χ1) is 15.4. The van der Waals surface area contributed by atoms with Crippen molar-refractivity contribution >= 4 is 52.5 Å². The van der Waals surface area contributed by atoms with Gasteiger partial charge in [0.05, 0.1) is 24.0 Å². The molecule has 1 saturated heterocycles. The van der Waals surface area contributed by atoms with Crippen molar-refractivity contribution in [2.24, 2.45) is 29.6 Å². The molecular formula is C22H19ClN2O5S2. The number of halogens is 1. The molecule has 3 heterocycles. The summed E-state index contributed by atoms with van der Waals surface area (Å²) in [6, 6.07) is 7.67. The summed E-state index contributed by atoms with van der Waals surface area (Å²) in [6.45, 7) is -0.329. The fourth-order valence-corrected chi connectivity index (χ4v) is 9.49. The van der Waals surface area contributed by atoms with Crippen LogP contribution >= 0.6 is 34.7 Å². The summed E-state index contributed by atoms with van der Waals surface area (Å²) < 4.78 is 4.69. The molecule has 1 N–H and O–H groups in total. The number of hydrogen-bond acceptors (Lipinski definition) is 7. The lowest BCUT2D eigenvalue weighted by atomic mass is 9.68. The Morgan fingerprint density at radius 3 is 2.53 bits per heavy atom. The molecule has 32 heavy (non-hydrogen) atoms. The van der Waals surface area contributed by atoms with Crippen LogP contribution in [-0.2, 0) is 19.1 Å². The number of aromatic amines is 1. The molecule has 2 aliphatic carbocycles. The van der Waals surface area contributed by atoms with Gasteiger partial charge in [0.15, 0.2) is 0 Å². The number of carbonyl (C=O) groups is 3. The van der Waals surface area contributed by atoms with Gasteiger partial charge in [-0.25, -0.2) is 0 Å². The molecule has 2 aromatic rings. The number of imide groups is 1. The Morgan fingerprint density at radius 2 is 1.84 bits per heavy atom. The first-order valence-electron chi connectivity index (χ1n) is 10.5. The third kappa shape index (κ3) is 2.74. The van der Waals surface area contributed by atoms with E-state index in [1.807, 2.05) is 24.3 Å². The van der Waals surface area contributed by atoms with E-state index < -0.39 is 17.8 Å². The van der Waals surface area contributed by atoms with Crippen LogP contribution in [0.4, 0.5) is 0 Å². The van der Waals surface area contributed by atoms with E-state index in [1.165, 1.54) is 18.4 Å². The van der Waals surface area contributed by atoms with Crippen LogP contribution in [0.25, 0.3) is 0 Å². The number of methoxy groups -OCH3 is 1. The molecule has 1 aromatic carbocycles. The Morgan fingerprint density at radius 1 is 1.16 bits per heavy atom. The number of hydrogen-bond donors (Lipinski definition) is 1. The summed E-state index contributed by atoms with van der Waals surface area (Å²) in [7, 11) is 1.25. The first kappa shape index (κ1) is 20.5. The van der Waals surface area contributed by atoms with Gasteiger partial charge in [-0.2, -0.15) is 0 Å². The van der Waals surface area contributed by atoms with Crippen molar-refractivity contribution < 1.29 is 19.1 Å². The summed E-state index contributed by atoms with van der Waals surface area (Å²) in [5.74, 6) is -1.78. The molecular weight excluding hydrogens is 472 g/mol. The second-order valence-electron chi connectivity index (χ2n) is 8.85. The van der Waals surface area contributed by atoms with Gasteiger partial charge in [0.25, 0.3) is 0 Å². The number of thioether (sulfide) groups is 1. The van der Waals surface area contributed by atoms with Crippen molar-refractivity contribution in [1.29, 1.82) is 0 Å². The smallest absolute Gasteiger partial charge is 0.325 e. The molecule has 4 aliphatic rings. The Hall–Kier alpha value is -2.10. The number of aromatic nitrogens is 1. The van der Waals surface area contributed by atoms with Crippen molar-refractivity contribution in [1.82, 2.24) is 9.88 Å². The lowest BCUT2D eigenvalue weighted by Gasteiger charge is -2.43. The van der Waals surface area contributed by atoms with Gasteiger partial charge in [-0.15, -0.1) is 11.8 Å². The lowest BCUT2D eigenvalue weighted by Crippen LogP contribution is -2.42. The molecule has 2 bridgehead atoms. The lowest BCUT2D eigenvalue weighted by molar-refractivity contribution is -0.151. The third-order valence-corrected chi connectivity index (χ3v) is 10.4. The van der Waals surface area contributed by atoms with Crippen molar-refractivity contribution in [3.63, 3.8) is 0 Å². The van der Waals surface area contributed by atoms with E-state index in [-0.39, 0.29) is 52.2 Å². The van der Waals surface area contributed by atoms with Crippen LogP contribution in [0.3, 0.4) is 0 Å². The Bertz CT molecular complexity index is 1210. The van der Waals surface area contributed by atoms with Gasteiger partial charge < -0.3 is 9.72 Å². The van der Waals surface area contributed by atoms with Crippen LogP contribution in [0.5, 0.6) is 0 Å². The number of rotatable bonds is 3. The predicted molar refractivity (Wildman–Crippen MR) is 119 cm³/mol. The minimum Gasteiger partial charge on any atom is -0.468 e. The number of carbonyl (C=O) groups excluding carboxylic acids is 3. The van der Waals surface area contributed by atoms with Crippen LogP contribution in [0.2, 0.25) is 5.02 Å². The van der Waals surface area contributed by atoms with Gasteiger partial charge in [0.2, 0.25) is 11.8 Å². The van der Waals surface area contributed by atoms with E-state index in [0.29, 0.717) is 5.02 Å². The number of H-pyrrole nitrogens is 1. The molecule has 2 amide bonds. The van der Waals surface area contributed by atoms with Gasteiger partial charge in [-0.1, -0.05) is 35.1 Å². The Labute approximate surface area is 196 Å². The zero-order valence-electron chi connectivity index (χ0n) is 16.9. The second-order valence-corrected chi connectivity index (χ2v) is 11.5. The quantitative estimate of drug-likeness (QED) is 0.525. The first-order valence-corrected chi connectivity index (χ1v) is 12.5. The third-order valence-electron chi connectivity index (χ3n) is 7.56. The molecule has 10 heteroatoms. The van der Waals surface area contributed by atoms with Crippen LogP contribution in [0.15, 0.2) is 34.1 Å². The highest BCUT2D eigenvalue weighted by atomic mass is 35.5. The van der Waals surface area contributed by atoms with Crippen LogP contribution in [0, 0.1) is 29.6 Å². The molecule has 0 radical (unpaired) electrons. The second kappa shape index (κ2) is 7.20. The maximum Gasteiger partial charge on any atom is 0.325 e. The van der Waals surface area contributed by atoms with E-state index in [0.717, 1.165) is 26.8 Å². The number of fused-ring (bicyclic) bond motifs is 9. The topological polar surface area (TPSA) is 96.5 Å². The monoisotopic (exact) mass is 490 g/mol. The van der Waals surface area contributed by atoms with Gasteiger partial charge in [0, 0.05) is 21.1 Å². The van der Waals surface area contributed by atoms with Gasteiger partial charge >= 0.3 is 10.8 Å². The number of ether oxygens (including phenoxy) is 1. The number of benzene rings is 1. The molecule has 6 rings (SSSR count). The van der Waals surface area contributed by atoms with Gasteiger partial charge in [-0.3, -0.25) is 24.1 Å². The molecule has 166 valence electrons. The predicted octanol–water partition coefficient (Wildman–Crippen LogP) is 2.74. The number of nitrogens with zero attached hydrogens (tertiary/aromatic N) is 1. The number of nitrogens with one attached hydrogen (secondary N) is 1. The molecule has 3 fully saturated rings. The largest absolute Gasteiger partial charge is 0.468 e. The summed E-state index contributed by atoms with van der Waals surface area (Å²) in [5.41, 5.74) is 1.06. The van der Waals surface area contributed by atoms with Gasteiger partial charge in [-0.05, 0) is 41.9 Å². The molecule has 0 spiro atoms. The normalized spacial score (nSPS) is 34.4. The molecule has 7 unspecified atom stereocenters. The van der Waals surface area contributed by atoms with Gasteiger partial charge in [0.1, 0.15) is 6.54 Å². The van der Waals surface area contributed by atoms with E-state index in [2.05, 4.69) is 4.98 Å². The summed E-state index contributed by atoms with van der Waals surface area (Å²) >= 11 is 8.99. The van der Waals surface area contributed by atoms with Crippen molar-refractivity contribution in [2.75, 3.05) is 13.7 Å². The fraction of sp³-hybridized carbons (Fsp3) is 0.455. The highest BCUT2D eigenvalue weighted by Gasteiger charge is 2.69. The number of thiazole rings is 1. The fourth-order valence-electron chi connectivity index (χ4n) is 6.47. The van der Waals surface area contributed by atoms with Crippen LogP contribution < -0.4 is 4.87 Å². The zero-order valence-corrected chi connectivity index (χ0v) is 19.3. The van der Waals surface area contributed by atoms with E-state index in [1.54, 1.807) is 11.8 Å². The minimum atomic E-state index is -0.593. The van der Waals surface area contributed by atoms with E-state index in [4.69, 9.17) is 16.3 Å². The summed E-state index contributed by atoms with van der Waals surface area (Å²) in [4.78, 5) is 55.4. The Kier molecular flexibility index (Phi) is 4.61. The zero-order chi connectivity index (χ0) is 22.3. The molecule has 7 atom stereocenters. The maximum atomic E-state index is 13.3. The minimum absolute atomic E-state index is 0.0210. The average Bonchev–Trinajstić information content (AvgIpc) is 3.50. The maximum absolute atomic E-state index is 13.3. The molecule has 1 aromatic heterocycles. The van der Waals surface area contributed by atoms with Crippen molar-refractivity contribution in [3.8, 4) is 0 Å². The number of amides is 2.